The summed E-state index contributed by atoms with van der Waals surface area (Å²) in [5.41, 5.74) is 4.33. The van der Waals surface area contributed by atoms with E-state index in [0.717, 1.165) is 60.9 Å². The second kappa shape index (κ2) is 8.44. The van der Waals surface area contributed by atoms with Crippen molar-refractivity contribution >= 4 is 21.5 Å². The van der Waals surface area contributed by atoms with Crippen LogP contribution in [0.1, 0.15) is 36.1 Å². The molecule has 1 atom stereocenters. The number of pyridine rings is 1. The topological polar surface area (TPSA) is 88.5 Å². The van der Waals surface area contributed by atoms with Gasteiger partial charge in [-0.15, -0.1) is 0 Å². The van der Waals surface area contributed by atoms with E-state index in [9.17, 15) is 8.42 Å². The zero-order valence-electron chi connectivity index (χ0n) is 18.6. The van der Waals surface area contributed by atoms with Crippen molar-refractivity contribution in [3.05, 3.63) is 47.6 Å². The van der Waals surface area contributed by atoms with Gasteiger partial charge in [-0.2, -0.15) is 4.31 Å². The minimum atomic E-state index is -3.15. The molecule has 0 aromatic carbocycles. The number of aryl methyl sites for hydroxylation is 1. The third kappa shape index (κ3) is 4.36. The van der Waals surface area contributed by atoms with Crippen LogP contribution in [-0.2, 0) is 16.4 Å². The number of ether oxygens (including phenoxy) is 1. The number of nitrogens with zero attached hydrogens (tertiary/aromatic N) is 5. The van der Waals surface area contributed by atoms with Crippen LogP contribution in [0.2, 0.25) is 0 Å². The number of fused-ring (bicyclic) bond motifs is 1. The fourth-order valence-electron chi connectivity index (χ4n) is 4.81. The van der Waals surface area contributed by atoms with E-state index < -0.39 is 10.0 Å². The van der Waals surface area contributed by atoms with Gasteiger partial charge in [0.05, 0.1) is 18.1 Å². The number of rotatable bonds is 4. The van der Waals surface area contributed by atoms with Gasteiger partial charge in [0, 0.05) is 50.6 Å². The molecule has 0 amide bonds. The second-order valence-electron chi connectivity index (χ2n) is 9.02. The van der Waals surface area contributed by atoms with E-state index in [1.807, 2.05) is 31.6 Å². The lowest BCUT2D eigenvalue weighted by atomic mass is 9.89. The Morgan fingerprint density at radius 1 is 1.06 bits per heavy atom. The number of hydrogen-bond donors (Lipinski definition) is 0. The first kappa shape index (κ1) is 21.3. The summed E-state index contributed by atoms with van der Waals surface area (Å²) in [6.07, 6.45) is 12.7. The molecule has 170 valence electrons. The number of hydrogen-bond acceptors (Lipinski definition) is 7. The van der Waals surface area contributed by atoms with E-state index in [4.69, 9.17) is 4.74 Å². The molecule has 32 heavy (non-hydrogen) atoms. The third-order valence-corrected chi connectivity index (χ3v) is 8.00. The van der Waals surface area contributed by atoms with E-state index in [0.29, 0.717) is 25.4 Å². The highest BCUT2D eigenvalue weighted by molar-refractivity contribution is 7.88. The lowest BCUT2D eigenvalue weighted by Gasteiger charge is -2.34. The maximum atomic E-state index is 11.7. The molecule has 0 unspecified atom stereocenters. The van der Waals surface area contributed by atoms with E-state index in [1.54, 1.807) is 0 Å². The predicted molar refractivity (Wildman–Crippen MR) is 123 cm³/mol. The average Bonchev–Trinajstić information content (AvgIpc) is 3.23. The van der Waals surface area contributed by atoms with Gasteiger partial charge in [0.2, 0.25) is 16.0 Å². The molecule has 3 aliphatic heterocycles. The van der Waals surface area contributed by atoms with Gasteiger partial charge in [0.1, 0.15) is 11.9 Å². The van der Waals surface area contributed by atoms with Gasteiger partial charge in [0.25, 0.3) is 0 Å². The van der Waals surface area contributed by atoms with Crippen LogP contribution in [0.15, 0.2) is 30.7 Å². The smallest absolute Gasteiger partial charge is 0.225 e. The van der Waals surface area contributed by atoms with Crippen molar-refractivity contribution in [1.29, 1.82) is 0 Å². The van der Waals surface area contributed by atoms with Crippen LogP contribution >= 0.6 is 0 Å². The van der Waals surface area contributed by atoms with Crippen LogP contribution in [-0.4, -0.2) is 66.2 Å². The molecule has 5 rings (SSSR count). The second-order valence-corrected chi connectivity index (χ2v) is 11.0. The molecular weight excluding hydrogens is 426 g/mol. The summed E-state index contributed by atoms with van der Waals surface area (Å²) in [7, 11) is -3.15. The highest BCUT2D eigenvalue weighted by Gasteiger charge is 2.34. The summed E-state index contributed by atoms with van der Waals surface area (Å²) in [6, 6.07) is 2.13. The molecule has 8 nitrogen and oxygen atoms in total. The molecular formula is C23H29N5O3S. The van der Waals surface area contributed by atoms with Gasteiger partial charge >= 0.3 is 0 Å². The van der Waals surface area contributed by atoms with Crippen LogP contribution in [0.3, 0.4) is 0 Å². The molecule has 0 N–H and O–H groups in total. The number of piperidine rings is 1. The normalized spacial score (nSPS) is 22.4. The molecule has 2 aromatic heterocycles. The Morgan fingerprint density at radius 3 is 2.47 bits per heavy atom. The molecule has 2 aromatic rings. The average molecular weight is 456 g/mol. The highest BCUT2D eigenvalue weighted by Crippen LogP contribution is 2.36. The summed E-state index contributed by atoms with van der Waals surface area (Å²) < 4.78 is 31.3. The van der Waals surface area contributed by atoms with Crippen molar-refractivity contribution in [2.45, 2.75) is 38.7 Å². The predicted octanol–water partition coefficient (Wildman–Crippen LogP) is 2.45. The number of aromatic nitrogens is 3. The molecule has 0 radical (unpaired) electrons. The van der Waals surface area contributed by atoms with Crippen LogP contribution in [0.5, 0.6) is 5.75 Å². The van der Waals surface area contributed by atoms with Crippen LogP contribution in [0.4, 0.5) is 5.95 Å². The Bertz CT molecular complexity index is 1120. The molecule has 0 aliphatic carbocycles. The lowest BCUT2D eigenvalue weighted by Crippen LogP contribution is -2.40. The Hall–Kier alpha value is -2.52. The maximum Gasteiger partial charge on any atom is 0.225 e. The van der Waals surface area contributed by atoms with Gasteiger partial charge in [-0.1, -0.05) is 6.08 Å². The molecule has 0 bridgehead atoms. The van der Waals surface area contributed by atoms with Gasteiger partial charge in [-0.05, 0) is 49.3 Å². The minimum Gasteiger partial charge on any atom is -0.488 e. The standard InChI is InChI=1S/C23H29N5O3S/c1-16-13-25-23(26-14-16)27-7-3-18(4-8-27)21-12-19-11-20(24-15-22(19)31-21)17-5-9-28(10-6-17)32(2,29)30/h5,11,13-15,18,21H,3-4,6-10,12H2,1-2H3/t21-/m0/s1. The SMILES string of the molecule is Cc1cnc(N2CCC([C@@H]3Cc4cc(C5=CCN(S(C)(=O)=O)CC5)ncc4O3)CC2)nc1. The first-order valence-electron chi connectivity index (χ1n) is 11.2. The number of sulfonamides is 1. The summed E-state index contributed by atoms with van der Waals surface area (Å²) in [5.74, 6) is 2.20. The fourth-order valence-corrected chi connectivity index (χ4v) is 5.58. The molecule has 0 spiro atoms. The van der Waals surface area contributed by atoms with E-state index in [-0.39, 0.29) is 6.10 Å². The Kier molecular flexibility index (Phi) is 5.63. The van der Waals surface area contributed by atoms with E-state index >= 15 is 0 Å². The zero-order valence-corrected chi connectivity index (χ0v) is 19.4. The van der Waals surface area contributed by atoms with Crippen LogP contribution in [0, 0.1) is 12.8 Å². The Morgan fingerprint density at radius 2 is 1.81 bits per heavy atom. The van der Waals surface area contributed by atoms with Crippen molar-refractivity contribution < 1.29 is 13.2 Å². The minimum absolute atomic E-state index is 0.184. The lowest BCUT2D eigenvalue weighted by molar-refractivity contribution is 0.138. The summed E-state index contributed by atoms with van der Waals surface area (Å²) >= 11 is 0. The molecule has 3 aliphatic rings. The first-order chi connectivity index (χ1) is 15.4. The van der Waals surface area contributed by atoms with Gasteiger partial charge in [-0.25, -0.2) is 18.4 Å². The van der Waals surface area contributed by atoms with Crippen LogP contribution in [0.25, 0.3) is 5.57 Å². The fraction of sp³-hybridized carbons (Fsp3) is 0.522. The molecule has 5 heterocycles. The first-order valence-corrected chi connectivity index (χ1v) is 13.1. The van der Waals surface area contributed by atoms with Crippen molar-refractivity contribution in [3.8, 4) is 5.75 Å². The van der Waals surface area contributed by atoms with Crippen molar-refractivity contribution in [3.63, 3.8) is 0 Å². The van der Waals surface area contributed by atoms with Crippen molar-refractivity contribution in [2.24, 2.45) is 5.92 Å². The summed E-state index contributed by atoms with van der Waals surface area (Å²) in [6.45, 7) is 4.80. The molecule has 1 saturated heterocycles. The van der Waals surface area contributed by atoms with Gasteiger partial charge in [0.15, 0.2) is 0 Å². The van der Waals surface area contributed by atoms with Gasteiger partial charge in [-0.3, -0.25) is 4.98 Å². The Balaban J connectivity index is 1.21. The Labute approximate surface area is 189 Å². The molecule has 0 saturated carbocycles. The van der Waals surface area contributed by atoms with Crippen molar-refractivity contribution in [1.82, 2.24) is 19.3 Å². The van der Waals surface area contributed by atoms with Gasteiger partial charge < -0.3 is 9.64 Å². The van der Waals surface area contributed by atoms with E-state index in [2.05, 4.69) is 25.9 Å². The molecule has 9 heteroatoms. The monoisotopic (exact) mass is 455 g/mol. The van der Waals surface area contributed by atoms with Crippen LogP contribution < -0.4 is 9.64 Å². The number of anilines is 1. The quantitative estimate of drug-likeness (QED) is 0.700. The highest BCUT2D eigenvalue weighted by atomic mass is 32.2. The van der Waals surface area contributed by atoms with Crippen molar-refractivity contribution in [2.75, 3.05) is 37.3 Å². The maximum absolute atomic E-state index is 11.7. The zero-order chi connectivity index (χ0) is 22.3. The summed E-state index contributed by atoms with van der Waals surface area (Å²) in [5, 5.41) is 0. The van der Waals surface area contributed by atoms with E-state index in [1.165, 1.54) is 16.1 Å². The summed E-state index contributed by atoms with van der Waals surface area (Å²) in [4.78, 5) is 15.8. The largest absolute Gasteiger partial charge is 0.488 e. The third-order valence-electron chi connectivity index (χ3n) is 6.73. The molecule has 1 fully saturated rings.